The summed E-state index contributed by atoms with van der Waals surface area (Å²) >= 11 is 6.36. The number of hydrogen-bond acceptors (Lipinski definition) is 2. The van der Waals surface area contributed by atoms with E-state index in [1.807, 2.05) is 18.7 Å². The zero-order chi connectivity index (χ0) is 13.2. The molecule has 3 nitrogen and oxygen atoms in total. The number of nitrogens with zero attached hydrogens (tertiary/aromatic N) is 2. The third-order valence-electron chi connectivity index (χ3n) is 4.15. The Labute approximate surface area is 115 Å². The SMILES string of the molecule is CCCNCC1(Cc2c(Cl)c(C)nn2C)CCC1. The molecule has 2 rings (SSSR count). The van der Waals surface area contributed by atoms with Crippen LogP contribution in [0.4, 0.5) is 0 Å². The van der Waals surface area contributed by atoms with E-state index in [-0.39, 0.29) is 0 Å². The lowest BCUT2D eigenvalue weighted by molar-refractivity contribution is 0.127. The Balaban J connectivity index is 2.05. The minimum absolute atomic E-state index is 0.416. The lowest BCUT2D eigenvalue weighted by Crippen LogP contribution is -2.42. The molecular weight excluding hydrogens is 246 g/mol. The van der Waals surface area contributed by atoms with Crippen molar-refractivity contribution in [1.29, 1.82) is 0 Å². The Kier molecular flexibility index (Phi) is 4.33. The second-order valence-corrected chi connectivity index (χ2v) is 6.05. The van der Waals surface area contributed by atoms with Crippen molar-refractivity contribution in [3.8, 4) is 0 Å². The van der Waals surface area contributed by atoms with Crippen LogP contribution in [0.3, 0.4) is 0 Å². The van der Waals surface area contributed by atoms with Gasteiger partial charge in [-0.2, -0.15) is 5.10 Å². The largest absolute Gasteiger partial charge is 0.316 e. The van der Waals surface area contributed by atoms with E-state index < -0.39 is 0 Å². The van der Waals surface area contributed by atoms with Crippen molar-refractivity contribution in [3.05, 3.63) is 16.4 Å². The summed E-state index contributed by atoms with van der Waals surface area (Å²) in [5, 5.41) is 8.85. The molecule has 18 heavy (non-hydrogen) atoms. The van der Waals surface area contributed by atoms with Crippen molar-refractivity contribution < 1.29 is 0 Å². The van der Waals surface area contributed by atoms with Crippen LogP contribution in [0.5, 0.6) is 0 Å². The molecule has 1 saturated carbocycles. The maximum absolute atomic E-state index is 6.36. The molecule has 1 fully saturated rings. The molecule has 0 bridgehead atoms. The zero-order valence-corrected chi connectivity index (χ0v) is 12.5. The maximum Gasteiger partial charge on any atom is 0.0847 e. The van der Waals surface area contributed by atoms with Crippen LogP contribution < -0.4 is 5.32 Å². The Hall–Kier alpha value is -0.540. The predicted molar refractivity (Wildman–Crippen MR) is 76.1 cm³/mol. The molecule has 0 atom stereocenters. The van der Waals surface area contributed by atoms with Gasteiger partial charge < -0.3 is 5.32 Å². The first-order chi connectivity index (χ1) is 8.58. The predicted octanol–water partition coefficient (Wildman–Crippen LogP) is 3.09. The van der Waals surface area contributed by atoms with Crippen LogP contribution >= 0.6 is 11.6 Å². The molecule has 1 aromatic rings. The van der Waals surface area contributed by atoms with Crippen LogP contribution in [0.1, 0.15) is 44.0 Å². The molecule has 0 spiro atoms. The van der Waals surface area contributed by atoms with Crippen molar-refractivity contribution in [3.63, 3.8) is 0 Å². The van der Waals surface area contributed by atoms with Crippen LogP contribution in [0.25, 0.3) is 0 Å². The molecule has 0 radical (unpaired) electrons. The molecular formula is C14H24ClN3. The molecule has 0 saturated heterocycles. The van der Waals surface area contributed by atoms with E-state index in [2.05, 4.69) is 17.3 Å². The average molecular weight is 270 g/mol. The second-order valence-electron chi connectivity index (χ2n) is 5.68. The summed E-state index contributed by atoms with van der Waals surface area (Å²) in [7, 11) is 2.00. The van der Waals surface area contributed by atoms with Crippen molar-refractivity contribution in [2.45, 2.75) is 46.0 Å². The lowest BCUT2D eigenvalue weighted by atomic mass is 9.66. The van der Waals surface area contributed by atoms with E-state index >= 15 is 0 Å². The lowest BCUT2D eigenvalue weighted by Gasteiger charge is -2.42. The third-order valence-corrected chi connectivity index (χ3v) is 4.64. The summed E-state index contributed by atoms with van der Waals surface area (Å²) in [5.74, 6) is 0. The third kappa shape index (κ3) is 2.72. The van der Waals surface area contributed by atoms with E-state index in [9.17, 15) is 0 Å². The van der Waals surface area contributed by atoms with E-state index in [4.69, 9.17) is 11.6 Å². The minimum atomic E-state index is 0.416. The first-order valence-electron chi connectivity index (χ1n) is 6.97. The topological polar surface area (TPSA) is 29.9 Å². The molecule has 0 aromatic carbocycles. The Morgan fingerprint density at radius 1 is 1.44 bits per heavy atom. The van der Waals surface area contributed by atoms with Crippen LogP contribution in [0.15, 0.2) is 0 Å². The normalized spacial score (nSPS) is 17.8. The van der Waals surface area contributed by atoms with Gasteiger partial charge >= 0.3 is 0 Å². The summed E-state index contributed by atoms with van der Waals surface area (Å²) in [6.07, 6.45) is 6.22. The highest BCUT2D eigenvalue weighted by atomic mass is 35.5. The molecule has 102 valence electrons. The minimum Gasteiger partial charge on any atom is -0.316 e. The molecule has 4 heteroatoms. The van der Waals surface area contributed by atoms with Gasteiger partial charge in [-0.15, -0.1) is 0 Å². The number of aryl methyl sites for hydroxylation is 2. The molecule has 0 unspecified atom stereocenters. The number of hydrogen-bond donors (Lipinski definition) is 1. The van der Waals surface area contributed by atoms with Gasteiger partial charge in [0.25, 0.3) is 0 Å². The van der Waals surface area contributed by atoms with Crippen LogP contribution in [-0.2, 0) is 13.5 Å². The summed E-state index contributed by atoms with van der Waals surface area (Å²) in [4.78, 5) is 0. The first-order valence-corrected chi connectivity index (χ1v) is 7.34. The maximum atomic E-state index is 6.36. The van der Waals surface area contributed by atoms with Crippen molar-refractivity contribution in [1.82, 2.24) is 15.1 Å². The smallest absolute Gasteiger partial charge is 0.0847 e. The standard InChI is InChI=1S/C14H24ClN3/c1-4-8-16-10-14(6-5-7-14)9-12-13(15)11(2)17-18(12)3/h16H,4-10H2,1-3H3. The van der Waals surface area contributed by atoms with Gasteiger partial charge in [-0.3, -0.25) is 4.68 Å². The van der Waals surface area contributed by atoms with E-state index in [0.29, 0.717) is 5.41 Å². The van der Waals surface area contributed by atoms with Gasteiger partial charge in [0.2, 0.25) is 0 Å². The second kappa shape index (κ2) is 5.62. The average Bonchev–Trinajstić information content (AvgIpc) is 2.52. The summed E-state index contributed by atoms with van der Waals surface area (Å²) < 4.78 is 1.96. The summed E-state index contributed by atoms with van der Waals surface area (Å²) in [6.45, 7) is 6.41. The Morgan fingerprint density at radius 2 is 2.17 bits per heavy atom. The van der Waals surface area contributed by atoms with Crippen LogP contribution in [0.2, 0.25) is 5.02 Å². The molecule has 1 aliphatic carbocycles. The van der Waals surface area contributed by atoms with E-state index in [1.165, 1.54) is 31.4 Å². The number of aromatic nitrogens is 2. The van der Waals surface area contributed by atoms with Gasteiger partial charge in [0.15, 0.2) is 0 Å². The fourth-order valence-electron chi connectivity index (χ4n) is 2.85. The molecule has 1 aromatic heterocycles. The zero-order valence-electron chi connectivity index (χ0n) is 11.7. The fraction of sp³-hybridized carbons (Fsp3) is 0.786. The van der Waals surface area contributed by atoms with Gasteiger partial charge in [-0.1, -0.05) is 24.9 Å². The Bertz CT molecular complexity index is 407. The quantitative estimate of drug-likeness (QED) is 0.805. The number of rotatable bonds is 6. The molecule has 1 N–H and O–H groups in total. The highest BCUT2D eigenvalue weighted by Gasteiger charge is 2.38. The highest BCUT2D eigenvalue weighted by molar-refractivity contribution is 6.31. The highest BCUT2D eigenvalue weighted by Crippen LogP contribution is 2.44. The van der Waals surface area contributed by atoms with Crippen LogP contribution in [-0.4, -0.2) is 22.9 Å². The Morgan fingerprint density at radius 3 is 2.61 bits per heavy atom. The monoisotopic (exact) mass is 269 g/mol. The number of nitrogens with one attached hydrogen (secondary N) is 1. The first kappa shape index (κ1) is 13.9. The van der Waals surface area contributed by atoms with E-state index in [1.54, 1.807) is 0 Å². The van der Waals surface area contributed by atoms with Crippen LogP contribution in [0, 0.1) is 12.3 Å². The van der Waals surface area contributed by atoms with Crippen molar-refractivity contribution in [2.24, 2.45) is 12.5 Å². The van der Waals surface area contributed by atoms with Gasteiger partial charge in [-0.25, -0.2) is 0 Å². The number of halogens is 1. The van der Waals surface area contributed by atoms with Crippen molar-refractivity contribution >= 4 is 11.6 Å². The molecule has 1 aliphatic rings. The van der Waals surface area contributed by atoms with Gasteiger partial charge in [0, 0.05) is 13.6 Å². The molecule has 0 amide bonds. The summed E-state index contributed by atoms with van der Waals surface area (Å²) in [6, 6.07) is 0. The van der Waals surface area contributed by atoms with Gasteiger partial charge in [0.05, 0.1) is 16.4 Å². The van der Waals surface area contributed by atoms with Gasteiger partial charge in [0.1, 0.15) is 0 Å². The van der Waals surface area contributed by atoms with Gasteiger partial charge in [-0.05, 0) is 44.6 Å². The molecule has 1 heterocycles. The van der Waals surface area contributed by atoms with E-state index in [0.717, 1.165) is 30.2 Å². The fourth-order valence-corrected chi connectivity index (χ4v) is 3.08. The van der Waals surface area contributed by atoms with Crippen molar-refractivity contribution in [2.75, 3.05) is 13.1 Å². The molecule has 0 aliphatic heterocycles. The summed E-state index contributed by atoms with van der Waals surface area (Å²) in [5.41, 5.74) is 2.57.